The minimum atomic E-state index is -4.79. The topological polar surface area (TPSA) is 92.5 Å². The van der Waals surface area contributed by atoms with Crippen molar-refractivity contribution in [2.24, 2.45) is 5.92 Å². The minimum Gasteiger partial charge on any atom is -0.406 e. The SMILES string of the molecule is C=CC(=O)NCc1nn(-c2ccc(OC(F)(F)F)cc2)c2nccc(N3CC(C(C)(C)O)C3)c12. The minimum absolute atomic E-state index is 0.0934. The van der Waals surface area contributed by atoms with Crippen LogP contribution >= 0.6 is 0 Å². The molecule has 8 nitrogen and oxygen atoms in total. The van der Waals surface area contributed by atoms with E-state index in [0.717, 1.165) is 11.8 Å². The second kappa shape index (κ2) is 8.64. The van der Waals surface area contributed by atoms with Gasteiger partial charge in [0, 0.05) is 25.2 Å². The summed E-state index contributed by atoms with van der Waals surface area (Å²) in [5.41, 5.74) is 1.53. The van der Waals surface area contributed by atoms with Crippen LogP contribution < -0.4 is 15.0 Å². The Morgan fingerprint density at radius 1 is 1.26 bits per heavy atom. The monoisotopic (exact) mass is 475 g/mol. The van der Waals surface area contributed by atoms with Crippen LogP contribution in [-0.4, -0.2) is 50.8 Å². The Labute approximate surface area is 193 Å². The van der Waals surface area contributed by atoms with Crippen LogP contribution in [0, 0.1) is 5.92 Å². The second-order valence-electron chi connectivity index (χ2n) is 8.61. The van der Waals surface area contributed by atoms with E-state index in [0.29, 0.717) is 35.5 Å². The summed E-state index contributed by atoms with van der Waals surface area (Å²) in [6, 6.07) is 7.13. The van der Waals surface area contributed by atoms with Crippen LogP contribution in [0.3, 0.4) is 0 Å². The Bertz CT molecular complexity index is 1210. The number of carbonyl (C=O) groups excluding carboxylic acids is 1. The number of amides is 1. The highest BCUT2D eigenvalue weighted by Gasteiger charge is 2.38. The van der Waals surface area contributed by atoms with E-state index in [1.807, 2.05) is 6.07 Å². The van der Waals surface area contributed by atoms with Gasteiger partial charge in [-0.05, 0) is 50.3 Å². The van der Waals surface area contributed by atoms with Gasteiger partial charge in [-0.3, -0.25) is 4.79 Å². The van der Waals surface area contributed by atoms with Crippen molar-refractivity contribution in [1.29, 1.82) is 0 Å². The van der Waals surface area contributed by atoms with E-state index in [2.05, 4.69) is 31.6 Å². The quantitative estimate of drug-likeness (QED) is 0.510. The first-order valence-electron chi connectivity index (χ1n) is 10.6. The first-order valence-corrected chi connectivity index (χ1v) is 10.6. The molecule has 3 aromatic rings. The van der Waals surface area contributed by atoms with Gasteiger partial charge in [0.2, 0.25) is 5.91 Å². The van der Waals surface area contributed by atoms with Gasteiger partial charge in [0.1, 0.15) is 5.75 Å². The number of nitrogens with one attached hydrogen (secondary N) is 1. The lowest BCUT2D eigenvalue weighted by Crippen LogP contribution is -2.55. The number of aliphatic hydroxyl groups is 1. The van der Waals surface area contributed by atoms with E-state index in [1.54, 1.807) is 20.0 Å². The zero-order valence-electron chi connectivity index (χ0n) is 18.6. The smallest absolute Gasteiger partial charge is 0.406 e. The molecule has 180 valence electrons. The van der Waals surface area contributed by atoms with Gasteiger partial charge in [-0.15, -0.1) is 13.2 Å². The van der Waals surface area contributed by atoms with Crippen LogP contribution in [0.25, 0.3) is 16.7 Å². The first-order chi connectivity index (χ1) is 16.0. The molecule has 1 aliphatic rings. The molecule has 1 fully saturated rings. The summed E-state index contributed by atoms with van der Waals surface area (Å²) in [6.45, 7) is 8.37. The maximum Gasteiger partial charge on any atom is 0.573 e. The molecule has 0 aliphatic carbocycles. The van der Waals surface area contributed by atoms with Crippen molar-refractivity contribution >= 4 is 22.6 Å². The Kier molecular flexibility index (Phi) is 5.98. The van der Waals surface area contributed by atoms with Gasteiger partial charge in [0.05, 0.1) is 34.6 Å². The third-order valence-corrected chi connectivity index (χ3v) is 5.77. The molecule has 0 radical (unpaired) electrons. The third kappa shape index (κ3) is 4.84. The van der Waals surface area contributed by atoms with Crippen LogP contribution in [0.5, 0.6) is 5.75 Å². The summed E-state index contributed by atoms with van der Waals surface area (Å²) < 4.78 is 43.0. The number of halogens is 3. The number of rotatable bonds is 7. The molecule has 34 heavy (non-hydrogen) atoms. The van der Waals surface area contributed by atoms with Crippen molar-refractivity contribution in [2.75, 3.05) is 18.0 Å². The highest BCUT2D eigenvalue weighted by Crippen LogP contribution is 2.37. The lowest BCUT2D eigenvalue weighted by atomic mass is 9.84. The Morgan fingerprint density at radius 3 is 2.53 bits per heavy atom. The van der Waals surface area contributed by atoms with Crippen LogP contribution in [-0.2, 0) is 11.3 Å². The van der Waals surface area contributed by atoms with Crippen molar-refractivity contribution in [3.05, 3.63) is 54.9 Å². The molecule has 0 atom stereocenters. The number of anilines is 1. The van der Waals surface area contributed by atoms with E-state index >= 15 is 0 Å². The number of hydrogen-bond acceptors (Lipinski definition) is 6. The van der Waals surface area contributed by atoms with Crippen molar-refractivity contribution in [2.45, 2.75) is 32.4 Å². The average molecular weight is 475 g/mol. The molecule has 0 bridgehead atoms. The number of carbonyl (C=O) groups is 1. The standard InChI is InChI=1S/C23H24F3N5O3/c1-4-19(32)28-11-17-20-18(30-12-14(13-30)22(2,3)33)9-10-27-21(20)31(29-17)15-5-7-16(8-6-15)34-23(24,25)26/h4-10,14,33H,1,11-13H2,2-3H3,(H,28,32). The van der Waals surface area contributed by atoms with Crippen molar-refractivity contribution in [1.82, 2.24) is 20.1 Å². The summed E-state index contributed by atoms with van der Waals surface area (Å²) >= 11 is 0. The van der Waals surface area contributed by atoms with Crippen molar-refractivity contribution < 1.29 is 27.8 Å². The van der Waals surface area contributed by atoms with Gasteiger partial charge in [-0.25, -0.2) is 9.67 Å². The first kappa shape index (κ1) is 23.6. The number of ether oxygens (including phenoxy) is 1. The van der Waals surface area contributed by atoms with Gasteiger partial charge >= 0.3 is 6.36 Å². The number of alkyl halides is 3. The number of pyridine rings is 1. The van der Waals surface area contributed by atoms with Crippen molar-refractivity contribution in [3.63, 3.8) is 0 Å². The van der Waals surface area contributed by atoms with E-state index in [1.165, 1.54) is 28.9 Å². The largest absolute Gasteiger partial charge is 0.573 e. The third-order valence-electron chi connectivity index (χ3n) is 5.77. The number of hydrogen-bond donors (Lipinski definition) is 2. The molecule has 2 N–H and O–H groups in total. The molecule has 0 unspecified atom stereocenters. The highest BCUT2D eigenvalue weighted by molar-refractivity contribution is 5.94. The fraction of sp³-hybridized carbons (Fsp3) is 0.348. The lowest BCUT2D eigenvalue weighted by molar-refractivity contribution is -0.274. The van der Waals surface area contributed by atoms with E-state index in [9.17, 15) is 23.1 Å². The predicted octanol–water partition coefficient (Wildman–Crippen LogP) is 3.33. The average Bonchev–Trinajstić information content (AvgIpc) is 3.09. The zero-order chi connectivity index (χ0) is 24.7. The molecule has 0 spiro atoms. The second-order valence-corrected chi connectivity index (χ2v) is 8.61. The lowest BCUT2D eigenvalue weighted by Gasteiger charge is -2.46. The molecule has 3 heterocycles. The molecule has 1 saturated heterocycles. The van der Waals surface area contributed by atoms with Gasteiger partial charge in [-0.1, -0.05) is 6.58 Å². The van der Waals surface area contributed by atoms with E-state index in [4.69, 9.17) is 0 Å². The number of benzene rings is 1. The van der Waals surface area contributed by atoms with Crippen LogP contribution in [0.4, 0.5) is 18.9 Å². The van der Waals surface area contributed by atoms with Crippen LogP contribution in [0.2, 0.25) is 0 Å². The highest BCUT2D eigenvalue weighted by atomic mass is 19.4. The maximum absolute atomic E-state index is 12.5. The predicted molar refractivity (Wildman–Crippen MR) is 120 cm³/mol. The summed E-state index contributed by atoms with van der Waals surface area (Å²) in [7, 11) is 0. The molecule has 0 saturated carbocycles. The molecule has 1 aliphatic heterocycles. The fourth-order valence-corrected chi connectivity index (χ4v) is 3.82. The van der Waals surface area contributed by atoms with Crippen LogP contribution in [0.15, 0.2) is 49.2 Å². The summed E-state index contributed by atoms with van der Waals surface area (Å²) in [5, 5.41) is 18.3. The van der Waals surface area contributed by atoms with Crippen LogP contribution in [0.1, 0.15) is 19.5 Å². The van der Waals surface area contributed by atoms with E-state index in [-0.39, 0.29) is 24.1 Å². The van der Waals surface area contributed by atoms with Gasteiger partial charge in [-0.2, -0.15) is 5.10 Å². The van der Waals surface area contributed by atoms with Gasteiger partial charge in [0.25, 0.3) is 0 Å². The fourth-order valence-electron chi connectivity index (χ4n) is 3.82. The summed E-state index contributed by atoms with van der Waals surface area (Å²) in [6.07, 6.45) is -2.01. The zero-order valence-corrected chi connectivity index (χ0v) is 18.6. The molecular formula is C23H24F3N5O3. The number of nitrogens with zero attached hydrogens (tertiary/aromatic N) is 4. The molecule has 2 aromatic heterocycles. The Morgan fingerprint density at radius 2 is 1.94 bits per heavy atom. The van der Waals surface area contributed by atoms with E-state index < -0.39 is 12.0 Å². The summed E-state index contributed by atoms with van der Waals surface area (Å²) in [4.78, 5) is 18.3. The number of aromatic nitrogens is 3. The Balaban J connectivity index is 1.73. The van der Waals surface area contributed by atoms with Gasteiger partial charge in [0.15, 0.2) is 5.65 Å². The molecule has 11 heteroatoms. The molecular weight excluding hydrogens is 451 g/mol. The normalized spacial score (nSPS) is 14.7. The molecule has 1 aromatic carbocycles. The van der Waals surface area contributed by atoms with Gasteiger partial charge < -0.3 is 20.1 Å². The van der Waals surface area contributed by atoms with Crippen molar-refractivity contribution in [3.8, 4) is 11.4 Å². The maximum atomic E-state index is 12.5. The molecule has 1 amide bonds. The number of fused-ring (bicyclic) bond motifs is 1. The molecule has 4 rings (SSSR count). The Hall–Kier alpha value is -3.60. The summed E-state index contributed by atoms with van der Waals surface area (Å²) in [5.74, 6) is -0.623.